The lowest BCUT2D eigenvalue weighted by Gasteiger charge is -2.59. The Morgan fingerprint density at radius 1 is 0.532 bits per heavy atom. The van der Waals surface area contributed by atoms with Gasteiger partial charge in [-0.3, -0.25) is 0 Å². The molecule has 0 saturated heterocycles. The summed E-state index contributed by atoms with van der Waals surface area (Å²) in [6, 6.07) is 63.8. The average Bonchev–Trinajstić information content (AvgIpc) is 1.36. The number of benzene rings is 7. The van der Waals surface area contributed by atoms with Gasteiger partial charge in [-0.25, -0.2) is 0 Å². The highest BCUT2D eigenvalue weighted by atomic mass is 32.2. The van der Waals surface area contributed by atoms with Crippen LogP contribution in [0.4, 0.5) is 22.7 Å². The van der Waals surface area contributed by atoms with Gasteiger partial charge in [0.2, 0.25) is 0 Å². The van der Waals surface area contributed by atoms with Crippen molar-refractivity contribution in [2.24, 2.45) is 17.8 Å². The summed E-state index contributed by atoms with van der Waals surface area (Å²) in [6.07, 6.45) is 31.5. The minimum atomic E-state index is -0.708. The van der Waals surface area contributed by atoms with E-state index < -0.39 is 21.9 Å². The molecule has 0 saturated carbocycles. The highest BCUT2D eigenvalue weighted by Crippen LogP contribution is 2.73. The number of hydrogen-bond acceptors (Lipinski definition) is 4. The maximum absolute atomic E-state index is 8.14. The zero-order chi connectivity index (χ0) is 63.1. The Balaban J connectivity index is 0.903. The van der Waals surface area contributed by atoms with Crippen molar-refractivity contribution >= 4 is 63.2 Å². The molecule has 0 fully saturated rings. The fraction of sp³-hybridized carbons (Fsp3) is 0.258. The van der Waals surface area contributed by atoms with E-state index in [2.05, 4.69) is 294 Å². The van der Waals surface area contributed by atoms with Crippen LogP contribution < -0.4 is 9.80 Å². The third-order valence-corrected chi connectivity index (χ3v) is 26.3. The maximum Gasteiger partial charge on any atom is 0.158 e. The summed E-state index contributed by atoms with van der Waals surface area (Å²) in [5.41, 5.74) is 31.1. The van der Waals surface area contributed by atoms with Crippen molar-refractivity contribution in [3.05, 3.63) is 312 Å². The van der Waals surface area contributed by atoms with Gasteiger partial charge >= 0.3 is 0 Å². The minimum absolute atomic E-state index is 0.0156. The number of para-hydroxylation sites is 3. The predicted octanol–water partition coefficient (Wildman–Crippen LogP) is 22.5. The summed E-state index contributed by atoms with van der Waals surface area (Å²) < 4.78 is 10.7. The van der Waals surface area contributed by atoms with E-state index in [0.717, 1.165) is 55.6 Å². The third-order valence-electron chi connectivity index (χ3n) is 25.0. The molecule has 1 spiro atoms. The van der Waals surface area contributed by atoms with Crippen LogP contribution in [-0.2, 0) is 34.6 Å². The highest BCUT2D eigenvalue weighted by molar-refractivity contribution is 8.03. The number of rotatable bonds is 5. The summed E-state index contributed by atoms with van der Waals surface area (Å²) in [4.78, 5) is 8.26. The van der Waals surface area contributed by atoms with Gasteiger partial charge in [0.25, 0.3) is 0 Å². The monoisotopic (exact) mass is 1240 g/mol. The smallest absolute Gasteiger partial charge is 0.158 e. The number of allylic oxidation sites excluding steroid dienone is 12. The predicted molar refractivity (Wildman–Crippen MR) is 390 cm³/mol. The van der Waals surface area contributed by atoms with E-state index in [0.29, 0.717) is 0 Å². The number of thioether (sulfide) groups is 1. The van der Waals surface area contributed by atoms with E-state index in [1.807, 2.05) is 11.8 Å². The maximum atomic E-state index is 8.14. The molecule has 5 heterocycles. The molecule has 4 nitrogen and oxygen atoms in total. The van der Waals surface area contributed by atoms with E-state index in [1.165, 1.54) is 138 Å². The molecule has 0 amide bonds. The van der Waals surface area contributed by atoms with Gasteiger partial charge in [0.05, 0.1) is 22.2 Å². The largest absolute Gasteiger partial charge is 0.458 e. The molecule has 0 radical (unpaired) electrons. The molecule has 460 valence electrons. The fourth-order valence-corrected chi connectivity index (χ4v) is 22.9. The average molecular weight is 1240 g/mol. The van der Waals surface area contributed by atoms with Crippen LogP contribution in [0.3, 0.4) is 0 Å². The minimum Gasteiger partial charge on any atom is -0.458 e. The van der Waals surface area contributed by atoms with Gasteiger partial charge in [0.15, 0.2) is 5.58 Å². The van der Waals surface area contributed by atoms with Gasteiger partial charge in [-0.15, -0.1) is 0 Å². The lowest BCUT2D eigenvalue weighted by Crippen LogP contribution is -2.56. The van der Waals surface area contributed by atoms with Crippen LogP contribution in [0.25, 0.3) is 45.5 Å². The zero-order valence-electron chi connectivity index (χ0n) is 55.1. The van der Waals surface area contributed by atoms with Crippen LogP contribution in [0, 0.1) is 17.8 Å². The number of aromatic nitrogens is 1. The molecular weight excluding hydrogens is 1160 g/mol. The first-order valence-electron chi connectivity index (χ1n) is 34.9. The Bertz CT molecular complexity index is 5160. The van der Waals surface area contributed by atoms with Crippen LogP contribution >= 0.6 is 11.8 Å². The summed E-state index contributed by atoms with van der Waals surface area (Å²) in [5, 5.41) is 1.17. The Kier molecular flexibility index (Phi) is 11.3. The van der Waals surface area contributed by atoms with Gasteiger partial charge < -0.3 is 18.8 Å². The summed E-state index contributed by atoms with van der Waals surface area (Å²) in [7, 11) is 0. The summed E-state index contributed by atoms with van der Waals surface area (Å²) >= 11 is 2.02. The van der Waals surface area contributed by atoms with Crippen molar-refractivity contribution in [2.45, 2.75) is 132 Å². The van der Waals surface area contributed by atoms with E-state index in [1.54, 1.807) is 5.57 Å². The van der Waals surface area contributed by atoms with Crippen LogP contribution in [0.2, 0.25) is 0 Å². The van der Waals surface area contributed by atoms with Gasteiger partial charge in [-0.1, -0.05) is 209 Å². The third kappa shape index (κ3) is 6.68. The van der Waals surface area contributed by atoms with Crippen LogP contribution in [0.1, 0.15) is 149 Å². The second-order valence-corrected chi connectivity index (χ2v) is 30.7. The lowest BCUT2D eigenvalue weighted by molar-refractivity contribution is 0.386. The number of furan rings is 1. The van der Waals surface area contributed by atoms with Gasteiger partial charge in [-0.2, -0.15) is 0 Å². The zero-order valence-corrected chi connectivity index (χ0v) is 55.9. The Morgan fingerprint density at radius 3 is 1.99 bits per heavy atom. The van der Waals surface area contributed by atoms with Crippen LogP contribution in [-0.4, -0.2) is 10.1 Å². The molecule has 2 aromatic heterocycles. The molecule has 5 heteroatoms. The first-order chi connectivity index (χ1) is 45.8. The number of fused-ring (bicyclic) bond motifs is 13. The number of nitrogens with zero attached hydrogens (tertiary/aromatic N) is 3. The topological polar surface area (TPSA) is 24.6 Å². The standard InChI is InChI=1S/C89H77N3OS/c1-52-46-47-86(6)67-35-19-23-39-72(67)92(59-28-13-10-14-29-59)88(8)80-64-33-25-40-73(82(64)93-81(80)54(3)75(52)84(86)88)91-60-50-65(56-42-44-58(45-43-56)90-70-37-21-16-30-61(70)62-31-17-22-38-71(62)90)83-69(51-60)89(68-36-20-24-41-74(68)94-83)66-34-18-15-32-63(66)76-53(2)78-79(55(4)77(76)89)87(91,7)49-48-85(78,5)57-26-11-9-12-27-57/h9-15,18-19,21-23,25-29,32-55H,16-17,20,24,30-31H2,1-8H3. The summed E-state index contributed by atoms with van der Waals surface area (Å²) in [6.45, 7) is 20.2. The first-order valence-corrected chi connectivity index (χ1v) is 35.7. The van der Waals surface area contributed by atoms with Gasteiger partial charge in [-0.05, 0) is 216 Å². The van der Waals surface area contributed by atoms with E-state index in [9.17, 15) is 0 Å². The molecule has 11 aliphatic rings. The van der Waals surface area contributed by atoms with E-state index in [-0.39, 0.29) is 29.1 Å². The van der Waals surface area contributed by atoms with Crippen LogP contribution in [0.15, 0.2) is 260 Å². The van der Waals surface area contributed by atoms with E-state index in [4.69, 9.17) is 4.42 Å². The quantitative estimate of drug-likeness (QED) is 0.160. The molecule has 9 atom stereocenters. The fourth-order valence-electron chi connectivity index (χ4n) is 21.5. The highest BCUT2D eigenvalue weighted by Gasteiger charge is 2.64. The van der Waals surface area contributed by atoms with Crippen molar-refractivity contribution in [2.75, 3.05) is 9.80 Å². The van der Waals surface area contributed by atoms with Crippen LogP contribution in [0.5, 0.6) is 0 Å². The van der Waals surface area contributed by atoms with Crippen molar-refractivity contribution in [3.8, 4) is 16.8 Å². The van der Waals surface area contributed by atoms with Gasteiger partial charge in [0.1, 0.15) is 5.76 Å². The summed E-state index contributed by atoms with van der Waals surface area (Å²) in [5.74, 6) is 1.41. The Labute approximate surface area is 557 Å². The molecule has 3 aliphatic heterocycles. The van der Waals surface area contributed by atoms with Crippen molar-refractivity contribution in [3.63, 3.8) is 0 Å². The number of anilines is 4. The van der Waals surface area contributed by atoms with Crippen molar-refractivity contribution < 1.29 is 4.42 Å². The Morgan fingerprint density at radius 2 is 1.22 bits per heavy atom. The Hall–Kier alpha value is -9.03. The molecule has 7 aromatic carbocycles. The molecule has 8 aliphatic carbocycles. The second-order valence-electron chi connectivity index (χ2n) is 29.7. The molecule has 94 heavy (non-hydrogen) atoms. The molecule has 9 unspecified atom stereocenters. The molecule has 4 bridgehead atoms. The lowest BCUT2D eigenvalue weighted by atomic mass is 9.53. The second kappa shape index (κ2) is 19.1. The van der Waals surface area contributed by atoms with Gasteiger partial charge in [0, 0.05) is 83.5 Å². The molecule has 0 N–H and O–H groups in total. The van der Waals surface area contributed by atoms with Crippen molar-refractivity contribution in [1.29, 1.82) is 0 Å². The normalized spacial score (nSPS) is 29.0. The van der Waals surface area contributed by atoms with Crippen molar-refractivity contribution in [1.82, 2.24) is 4.57 Å². The first kappa shape index (κ1) is 55.4. The SMILES string of the molecule is CC1C=CC2(C)C3=C1C(C)c1oc4c(N5c6cc(-c7ccc(-n8c9c(c%10c8C=CCC%10)CCC=C9)cc7)c7c(c6)C6(C8=CCCC=C8S7)C7=C(c8ccccc86)C(C)C6=C(C7C)C5(C)C=CC6(C)c5ccccc5)cccc4c1C3(C)N(c1ccccc1)c1ccccc12. The molecule has 9 aromatic rings. The van der Waals surface area contributed by atoms with E-state index >= 15 is 0 Å². The number of hydrogen-bond donors (Lipinski definition) is 0. The molecular formula is C89H77N3OS. The molecule has 20 rings (SSSR count).